The van der Waals surface area contributed by atoms with Gasteiger partial charge in [0, 0.05) is 37.3 Å². The van der Waals surface area contributed by atoms with Crippen molar-refractivity contribution < 1.29 is 14.1 Å². The maximum atomic E-state index is 12.7. The number of ether oxygens (including phenoxy) is 1. The zero-order valence-electron chi connectivity index (χ0n) is 19.6. The van der Waals surface area contributed by atoms with E-state index in [1.54, 1.807) is 7.11 Å². The Hall–Kier alpha value is -3.35. The first kappa shape index (κ1) is 22.8. The van der Waals surface area contributed by atoms with Gasteiger partial charge in [-0.2, -0.15) is 5.10 Å². The van der Waals surface area contributed by atoms with Crippen LogP contribution in [0.15, 0.2) is 47.6 Å². The van der Waals surface area contributed by atoms with E-state index in [1.807, 2.05) is 55.2 Å². The van der Waals surface area contributed by atoms with Crippen LogP contribution in [0, 0.1) is 12.8 Å². The number of nitrogens with zero attached hydrogens (tertiary/aromatic N) is 3. The van der Waals surface area contributed by atoms with E-state index in [1.165, 1.54) is 0 Å². The smallest absolute Gasteiger partial charge is 0.251 e. The van der Waals surface area contributed by atoms with E-state index in [0.717, 1.165) is 59.7 Å². The second kappa shape index (κ2) is 10.1. The molecule has 0 aliphatic heterocycles. The predicted octanol–water partition coefficient (Wildman–Crippen LogP) is 4.82. The first-order chi connectivity index (χ1) is 16.0. The Morgan fingerprint density at radius 2 is 2.09 bits per heavy atom. The van der Waals surface area contributed by atoms with Crippen molar-refractivity contribution in [2.45, 2.75) is 44.9 Å². The summed E-state index contributed by atoms with van der Waals surface area (Å²) in [6, 6.07) is 7.51. The van der Waals surface area contributed by atoms with Gasteiger partial charge < -0.3 is 14.6 Å². The topological polar surface area (TPSA) is 82.2 Å². The first-order valence-corrected chi connectivity index (χ1v) is 11.5. The molecular formula is C26H32N4O3. The highest BCUT2D eigenvalue weighted by atomic mass is 16.5. The van der Waals surface area contributed by atoms with Crippen LogP contribution in [0.4, 0.5) is 0 Å². The van der Waals surface area contributed by atoms with Crippen molar-refractivity contribution in [3.05, 3.63) is 65.6 Å². The molecule has 0 radical (unpaired) electrons. The number of benzene rings is 1. The normalized spacial score (nSPS) is 18.2. The third-order valence-corrected chi connectivity index (χ3v) is 6.44. The Bertz CT molecular complexity index is 1120. The lowest BCUT2D eigenvalue weighted by molar-refractivity contribution is 0.0942. The Kier molecular flexibility index (Phi) is 6.96. The Labute approximate surface area is 194 Å². The summed E-state index contributed by atoms with van der Waals surface area (Å²) >= 11 is 0. The quantitative estimate of drug-likeness (QED) is 0.500. The maximum absolute atomic E-state index is 12.7. The zero-order chi connectivity index (χ0) is 23.4. The fourth-order valence-electron chi connectivity index (χ4n) is 4.70. The van der Waals surface area contributed by atoms with E-state index in [9.17, 15) is 4.79 Å². The van der Waals surface area contributed by atoms with E-state index in [0.29, 0.717) is 30.4 Å². The van der Waals surface area contributed by atoms with Gasteiger partial charge in [-0.15, -0.1) is 6.58 Å². The summed E-state index contributed by atoms with van der Waals surface area (Å²) in [5.41, 5.74) is 4.61. The summed E-state index contributed by atoms with van der Waals surface area (Å²) in [4.78, 5) is 12.7. The maximum Gasteiger partial charge on any atom is 0.251 e. The predicted molar refractivity (Wildman–Crippen MR) is 127 cm³/mol. The highest BCUT2D eigenvalue weighted by Gasteiger charge is 2.28. The van der Waals surface area contributed by atoms with Crippen LogP contribution >= 0.6 is 0 Å². The molecule has 0 unspecified atom stereocenters. The number of methoxy groups -OCH3 is 1. The number of nitrogens with one attached hydrogen (secondary N) is 1. The van der Waals surface area contributed by atoms with Gasteiger partial charge in [-0.05, 0) is 68.7 Å². The van der Waals surface area contributed by atoms with Crippen LogP contribution in [0.25, 0.3) is 11.3 Å². The number of allylic oxidation sites excluding steroid dienone is 1. The standard InChI is InChI=1S/C26H32N4O3/c1-5-6-20-14-21(11-12-23(20)32-4)26(31)27-15-18-7-9-19(10-8-18)25-22(16-30(3)28-25)24-13-17(2)29-33-24/h5,11-14,16,18-19H,1,6-10,15H2,2-4H3,(H,27,31). The lowest BCUT2D eigenvalue weighted by Crippen LogP contribution is -2.31. The molecule has 2 aromatic heterocycles. The number of amides is 1. The number of carbonyl (C=O) groups excluding carboxylic acids is 1. The highest BCUT2D eigenvalue weighted by molar-refractivity contribution is 5.94. The van der Waals surface area contributed by atoms with Crippen molar-refractivity contribution in [1.82, 2.24) is 20.3 Å². The molecule has 0 atom stereocenters. The molecule has 1 saturated carbocycles. The van der Waals surface area contributed by atoms with Gasteiger partial charge in [-0.25, -0.2) is 0 Å². The number of hydrogen-bond donors (Lipinski definition) is 1. The molecule has 1 aliphatic carbocycles. The molecule has 1 aliphatic rings. The fraction of sp³-hybridized carbons (Fsp3) is 0.423. The van der Waals surface area contributed by atoms with Gasteiger partial charge in [0.15, 0.2) is 5.76 Å². The SMILES string of the molecule is C=CCc1cc(C(=O)NCC2CCC(c3nn(C)cc3-c3cc(C)no3)CC2)ccc1OC. The summed E-state index contributed by atoms with van der Waals surface area (Å²) < 4.78 is 12.7. The van der Waals surface area contributed by atoms with Crippen LogP contribution < -0.4 is 10.1 Å². The molecule has 33 heavy (non-hydrogen) atoms. The summed E-state index contributed by atoms with van der Waals surface area (Å²) in [5, 5.41) is 11.9. The van der Waals surface area contributed by atoms with Gasteiger partial charge in [0.2, 0.25) is 0 Å². The molecule has 7 heteroatoms. The van der Waals surface area contributed by atoms with Gasteiger partial charge in [0.05, 0.1) is 24.1 Å². The van der Waals surface area contributed by atoms with Gasteiger partial charge in [-0.1, -0.05) is 11.2 Å². The molecule has 3 aromatic rings. The van der Waals surface area contributed by atoms with Crippen LogP contribution in [-0.4, -0.2) is 34.5 Å². The minimum atomic E-state index is -0.0437. The Morgan fingerprint density at radius 3 is 2.76 bits per heavy atom. The van der Waals surface area contributed by atoms with E-state index in [2.05, 4.69) is 17.1 Å². The van der Waals surface area contributed by atoms with Crippen molar-refractivity contribution in [3.8, 4) is 17.1 Å². The number of rotatable bonds is 8. The van der Waals surface area contributed by atoms with E-state index in [4.69, 9.17) is 14.4 Å². The third-order valence-electron chi connectivity index (χ3n) is 6.44. The average molecular weight is 449 g/mol. The molecule has 0 spiro atoms. The lowest BCUT2D eigenvalue weighted by Gasteiger charge is -2.28. The van der Waals surface area contributed by atoms with Crippen molar-refractivity contribution >= 4 is 5.91 Å². The van der Waals surface area contributed by atoms with Crippen molar-refractivity contribution in [3.63, 3.8) is 0 Å². The van der Waals surface area contributed by atoms with Crippen LogP contribution in [0.5, 0.6) is 5.75 Å². The second-order valence-corrected chi connectivity index (χ2v) is 8.88. The minimum Gasteiger partial charge on any atom is -0.496 e. The average Bonchev–Trinajstić information content (AvgIpc) is 3.43. The molecule has 2 heterocycles. The van der Waals surface area contributed by atoms with E-state index < -0.39 is 0 Å². The van der Waals surface area contributed by atoms with Crippen LogP contribution in [0.1, 0.15) is 58.9 Å². The number of hydrogen-bond acceptors (Lipinski definition) is 5. The number of carbonyl (C=O) groups is 1. The monoisotopic (exact) mass is 448 g/mol. The summed E-state index contributed by atoms with van der Waals surface area (Å²) in [7, 11) is 3.58. The summed E-state index contributed by atoms with van der Waals surface area (Å²) in [6.07, 6.45) is 8.69. The molecule has 1 N–H and O–H groups in total. The summed E-state index contributed by atoms with van der Waals surface area (Å²) in [5.74, 6) is 2.37. The van der Waals surface area contributed by atoms with Gasteiger partial charge in [0.1, 0.15) is 5.75 Å². The molecular weight excluding hydrogens is 416 g/mol. The molecule has 7 nitrogen and oxygen atoms in total. The largest absolute Gasteiger partial charge is 0.496 e. The molecule has 1 fully saturated rings. The molecule has 1 amide bonds. The number of aryl methyl sites for hydroxylation is 2. The van der Waals surface area contributed by atoms with Crippen LogP contribution in [-0.2, 0) is 13.5 Å². The number of aromatic nitrogens is 3. The van der Waals surface area contributed by atoms with Crippen LogP contribution in [0.2, 0.25) is 0 Å². The van der Waals surface area contributed by atoms with E-state index in [-0.39, 0.29) is 5.91 Å². The lowest BCUT2D eigenvalue weighted by atomic mass is 9.79. The molecule has 0 bridgehead atoms. The minimum absolute atomic E-state index is 0.0437. The summed E-state index contributed by atoms with van der Waals surface area (Å²) in [6.45, 7) is 6.40. The van der Waals surface area contributed by atoms with Gasteiger partial charge in [-0.3, -0.25) is 9.48 Å². The van der Waals surface area contributed by atoms with E-state index >= 15 is 0 Å². The fourth-order valence-corrected chi connectivity index (χ4v) is 4.70. The third kappa shape index (κ3) is 5.18. The van der Waals surface area contributed by atoms with Crippen molar-refractivity contribution in [2.24, 2.45) is 13.0 Å². The van der Waals surface area contributed by atoms with Gasteiger partial charge in [0.25, 0.3) is 5.91 Å². The Morgan fingerprint density at radius 1 is 1.30 bits per heavy atom. The second-order valence-electron chi connectivity index (χ2n) is 8.88. The van der Waals surface area contributed by atoms with Crippen molar-refractivity contribution in [1.29, 1.82) is 0 Å². The first-order valence-electron chi connectivity index (χ1n) is 11.5. The Balaban J connectivity index is 1.34. The molecule has 4 rings (SSSR count). The molecule has 1 aromatic carbocycles. The van der Waals surface area contributed by atoms with Gasteiger partial charge >= 0.3 is 0 Å². The van der Waals surface area contributed by atoms with Crippen LogP contribution in [0.3, 0.4) is 0 Å². The highest BCUT2D eigenvalue weighted by Crippen LogP contribution is 2.39. The van der Waals surface area contributed by atoms with Crippen molar-refractivity contribution in [2.75, 3.05) is 13.7 Å². The molecule has 0 saturated heterocycles. The molecule has 174 valence electrons. The zero-order valence-corrected chi connectivity index (χ0v) is 19.6.